The van der Waals surface area contributed by atoms with Crippen molar-refractivity contribution < 1.29 is 95.3 Å². The van der Waals surface area contributed by atoms with Crippen molar-refractivity contribution in [2.75, 3.05) is 132 Å². The van der Waals surface area contributed by atoms with Gasteiger partial charge in [-0.25, -0.2) is 0 Å². The Labute approximate surface area is 275 Å². The quantitative estimate of drug-likeness (QED) is 0.174. The van der Waals surface area contributed by atoms with E-state index in [1.807, 2.05) is 0 Å². The Morgan fingerprint density at radius 2 is 0.432 bits per heavy atom. The summed E-state index contributed by atoms with van der Waals surface area (Å²) in [5, 5.41) is 0. The van der Waals surface area contributed by atoms with Crippen LogP contribution >= 0.6 is 0 Å². The standard InChI is InChI=1S/2C12H23O5.2HI.Sn/c2*1-12-10-16-8-6-14-4-2-13-3-5-15-7-9-17-11-12;;;/h2*12H,1-11H2;2*1H;/q;;;;+2/p-2. The minimum atomic E-state index is 0. The molecule has 2 saturated heterocycles. The van der Waals surface area contributed by atoms with Crippen LogP contribution in [0.15, 0.2) is 0 Å². The molecule has 0 spiro atoms. The summed E-state index contributed by atoms with van der Waals surface area (Å²) in [6.07, 6.45) is 0. The zero-order valence-electron chi connectivity index (χ0n) is 22.0. The van der Waals surface area contributed by atoms with Crippen LogP contribution in [0.4, 0.5) is 0 Å². The molecule has 10 nitrogen and oxygen atoms in total. The van der Waals surface area contributed by atoms with E-state index in [2.05, 4.69) is 13.8 Å². The number of hydrogen-bond acceptors (Lipinski definition) is 10. The summed E-state index contributed by atoms with van der Waals surface area (Å²) in [4.78, 5) is 0. The molecule has 2 fully saturated rings. The van der Waals surface area contributed by atoms with Gasteiger partial charge in [-0.15, -0.1) is 0 Å². The molecule has 0 aromatic rings. The van der Waals surface area contributed by atoms with Gasteiger partial charge in [-0.3, -0.25) is 0 Å². The van der Waals surface area contributed by atoms with Gasteiger partial charge in [-0.1, -0.05) is 0 Å². The molecular formula is C24H46I2O10Sn. The van der Waals surface area contributed by atoms with Crippen molar-refractivity contribution in [3.63, 3.8) is 0 Å². The van der Waals surface area contributed by atoms with Gasteiger partial charge >= 0.3 is 23.9 Å². The second-order valence-corrected chi connectivity index (χ2v) is 7.71. The van der Waals surface area contributed by atoms with Crippen LogP contribution in [0.1, 0.15) is 0 Å². The van der Waals surface area contributed by atoms with Gasteiger partial charge in [0.05, 0.1) is 132 Å². The van der Waals surface area contributed by atoms with Crippen molar-refractivity contribution in [1.29, 1.82) is 0 Å². The first-order chi connectivity index (χ1) is 16.8. The molecule has 0 unspecified atom stereocenters. The van der Waals surface area contributed by atoms with Gasteiger partial charge < -0.3 is 95.3 Å². The molecule has 2 heterocycles. The monoisotopic (exact) mass is 868 g/mol. The van der Waals surface area contributed by atoms with Crippen LogP contribution < -0.4 is 48.0 Å². The predicted molar refractivity (Wildman–Crippen MR) is 132 cm³/mol. The second kappa shape index (κ2) is 35.9. The smallest absolute Gasteiger partial charge is 1.00 e. The normalized spacial score (nSPS) is 22.5. The molecule has 13 heteroatoms. The van der Waals surface area contributed by atoms with Crippen LogP contribution in [0, 0.1) is 25.7 Å². The summed E-state index contributed by atoms with van der Waals surface area (Å²) in [6, 6.07) is 0. The van der Waals surface area contributed by atoms with E-state index in [0.29, 0.717) is 132 Å². The maximum absolute atomic E-state index is 5.41. The topological polar surface area (TPSA) is 92.3 Å². The summed E-state index contributed by atoms with van der Waals surface area (Å²) in [7, 11) is 0. The first-order valence-corrected chi connectivity index (χ1v) is 12.2. The first-order valence-electron chi connectivity index (χ1n) is 12.2. The zero-order valence-corrected chi connectivity index (χ0v) is 29.2. The summed E-state index contributed by atoms with van der Waals surface area (Å²) in [6.45, 7) is 19.8. The maximum atomic E-state index is 5.41. The summed E-state index contributed by atoms with van der Waals surface area (Å²) in [5.41, 5.74) is 0. The Hall–Kier alpha value is 1.86. The van der Waals surface area contributed by atoms with Crippen LogP contribution in [-0.2, 0) is 47.4 Å². The summed E-state index contributed by atoms with van der Waals surface area (Å²) >= 11 is 0. The summed E-state index contributed by atoms with van der Waals surface area (Å²) in [5.74, 6) is 0.317. The molecule has 220 valence electrons. The van der Waals surface area contributed by atoms with Crippen LogP contribution in [-0.4, -0.2) is 156 Å². The average Bonchev–Trinajstić information content (AvgIpc) is 2.83. The molecule has 37 heavy (non-hydrogen) atoms. The molecule has 0 amide bonds. The minimum Gasteiger partial charge on any atom is -1.00 e. The van der Waals surface area contributed by atoms with Gasteiger partial charge in [0.15, 0.2) is 0 Å². The van der Waals surface area contributed by atoms with Crippen LogP contribution in [0.25, 0.3) is 0 Å². The van der Waals surface area contributed by atoms with E-state index in [4.69, 9.17) is 47.4 Å². The Morgan fingerprint density at radius 1 is 0.297 bits per heavy atom. The van der Waals surface area contributed by atoms with Crippen molar-refractivity contribution in [3.05, 3.63) is 13.8 Å². The number of rotatable bonds is 0. The van der Waals surface area contributed by atoms with Crippen molar-refractivity contribution >= 4 is 23.9 Å². The molecule has 2 rings (SSSR count). The van der Waals surface area contributed by atoms with Crippen molar-refractivity contribution in [3.8, 4) is 0 Å². The van der Waals surface area contributed by atoms with Gasteiger partial charge in [0.1, 0.15) is 0 Å². The van der Waals surface area contributed by atoms with Gasteiger partial charge in [0, 0.05) is 11.8 Å². The summed E-state index contributed by atoms with van der Waals surface area (Å²) < 4.78 is 53.6. The van der Waals surface area contributed by atoms with E-state index < -0.39 is 0 Å². The van der Waals surface area contributed by atoms with E-state index in [-0.39, 0.29) is 83.7 Å². The SMILES string of the molecule is [CH2]C1COCCOCCOCCOCCOC1.[CH2]C1COCCOCCOCCOCCOC1.[I-].[I-].[Sn+2]. The van der Waals surface area contributed by atoms with Crippen molar-refractivity contribution in [1.82, 2.24) is 0 Å². The molecular weight excluding hydrogens is 821 g/mol. The first kappa shape index (κ1) is 43.3. The molecule has 0 atom stereocenters. The van der Waals surface area contributed by atoms with Crippen LogP contribution in [0.2, 0.25) is 0 Å². The second-order valence-electron chi connectivity index (χ2n) is 7.71. The maximum Gasteiger partial charge on any atom is 2.00 e. The number of halogens is 2. The van der Waals surface area contributed by atoms with E-state index in [0.717, 1.165) is 0 Å². The minimum absolute atomic E-state index is 0. The Morgan fingerprint density at radius 3 is 0.595 bits per heavy atom. The van der Waals surface area contributed by atoms with E-state index in [9.17, 15) is 0 Å². The molecule has 4 radical (unpaired) electrons. The fourth-order valence-electron chi connectivity index (χ4n) is 2.65. The van der Waals surface area contributed by atoms with Crippen molar-refractivity contribution in [2.24, 2.45) is 11.8 Å². The molecule has 0 aromatic carbocycles. The Bertz CT molecular complexity index is 352. The number of ether oxygens (including phenoxy) is 10. The third kappa shape index (κ3) is 34.0. The fourth-order valence-corrected chi connectivity index (χ4v) is 2.65. The van der Waals surface area contributed by atoms with E-state index >= 15 is 0 Å². The average molecular weight is 867 g/mol. The molecule has 0 aliphatic carbocycles. The zero-order chi connectivity index (χ0) is 24.4. The fraction of sp³-hybridized carbons (Fsp3) is 0.917. The van der Waals surface area contributed by atoms with Crippen LogP contribution in [0.3, 0.4) is 0 Å². The number of hydrogen-bond donors (Lipinski definition) is 0. The molecule has 2 aliphatic rings. The van der Waals surface area contributed by atoms with Crippen molar-refractivity contribution in [2.45, 2.75) is 0 Å². The largest absolute Gasteiger partial charge is 2.00 e. The Balaban J connectivity index is -0.000000578. The molecule has 0 N–H and O–H groups in total. The Kier molecular flexibility index (Phi) is 42.0. The van der Waals surface area contributed by atoms with Gasteiger partial charge in [-0.05, 0) is 13.8 Å². The predicted octanol–water partition coefficient (Wildman–Crippen LogP) is -5.31. The molecule has 0 saturated carbocycles. The van der Waals surface area contributed by atoms with Gasteiger partial charge in [-0.2, -0.15) is 0 Å². The third-order valence-electron chi connectivity index (χ3n) is 4.39. The van der Waals surface area contributed by atoms with E-state index in [1.165, 1.54) is 0 Å². The van der Waals surface area contributed by atoms with Gasteiger partial charge in [0.2, 0.25) is 0 Å². The van der Waals surface area contributed by atoms with Crippen LogP contribution in [0.5, 0.6) is 0 Å². The molecule has 0 aromatic heterocycles. The molecule has 2 aliphatic heterocycles. The van der Waals surface area contributed by atoms with Gasteiger partial charge in [0.25, 0.3) is 0 Å². The third-order valence-corrected chi connectivity index (χ3v) is 4.39. The van der Waals surface area contributed by atoms with E-state index in [1.54, 1.807) is 0 Å². The molecule has 0 bridgehead atoms.